The molecule has 0 bridgehead atoms. The van der Waals surface area contributed by atoms with Crippen molar-refractivity contribution in [3.05, 3.63) is 45.3 Å². The fourth-order valence-corrected chi connectivity index (χ4v) is 3.00. The van der Waals surface area contributed by atoms with Gasteiger partial charge < -0.3 is 9.47 Å². The predicted octanol–water partition coefficient (Wildman–Crippen LogP) is 5.60. The second-order valence-corrected chi connectivity index (χ2v) is 7.76. The molecule has 0 atom stereocenters. The van der Waals surface area contributed by atoms with Gasteiger partial charge in [-0.1, -0.05) is 27.5 Å². The molecule has 0 saturated heterocycles. The Balaban J connectivity index is 2.24. The number of nitrogens with zero attached hydrogens (tertiary/aromatic N) is 2. The van der Waals surface area contributed by atoms with Crippen LogP contribution in [0, 0.1) is 5.82 Å². The number of hydrogen-bond acceptors (Lipinski definition) is 4. The summed E-state index contributed by atoms with van der Waals surface area (Å²) in [4.78, 5) is 18.3. The minimum absolute atomic E-state index is 0.0210. The number of pyridine rings is 1. The molecule has 8 heteroatoms. The van der Waals surface area contributed by atoms with Gasteiger partial charge in [0, 0.05) is 10.7 Å². The second kappa shape index (κ2) is 6.46. The molecule has 2 heterocycles. The lowest BCUT2D eigenvalue weighted by Gasteiger charge is -2.27. The lowest BCUT2D eigenvalue weighted by atomic mass is 10.2. The number of fused-ring (bicyclic) bond motifs is 2. The number of amides is 1. The Morgan fingerprint density at radius 2 is 2.16 bits per heavy atom. The number of carbonyl (C=O) groups excluding carboxylic acids is 1. The van der Waals surface area contributed by atoms with E-state index in [2.05, 4.69) is 20.9 Å². The Kier molecular flexibility index (Phi) is 4.64. The first-order valence-electron chi connectivity index (χ1n) is 7.46. The van der Waals surface area contributed by atoms with Crippen LogP contribution in [0.1, 0.15) is 26.3 Å². The molecule has 0 radical (unpaired) electrons. The number of aromatic nitrogens is 1. The third-order valence-corrected chi connectivity index (χ3v) is 4.17. The van der Waals surface area contributed by atoms with E-state index in [9.17, 15) is 9.18 Å². The Morgan fingerprint density at radius 3 is 2.84 bits per heavy atom. The molecular weight excluding hydrogens is 415 g/mol. The van der Waals surface area contributed by atoms with E-state index in [-0.39, 0.29) is 23.9 Å². The van der Waals surface area contributed by atoms with Crippen molar-refractivity contribution < 1.29 is 18.7 Å². The van der Waals surface area contributed by atoms with Crippen LogP contribution in [-0.4, -0.2) is 16.7 Å². The van der Waals surface area contributed by atoms with Crippen LogP contribution < -0.4 is 9.64 Å². The minimum atomic E-state index is -0.742. The Labute approximate surface area is 157 Å². The fourth-order valence-electron chi connectivity index (χ4n) is 2.39. The number of rotatable bonds is 0. The highest BCUT2D eigenvalue weighted by Crippen LogP contribution is 2.43. The van der Waals surface area contributed by atoms with Gasteiger partial charge >= 0.3 is 6.09 Å². The van der Waals surface area contributed by atoms with Crippen molar-refractivity contribution in [2.75, 3.05) is 4.90 Å². The topological polar surface area (TPSA) is 51.7 Å². The molecule has 1 aliphatic heterocycles. The van der Waals surface area contributed by atoms with Gasteiger partial charge in [0.25, 0.3) is 0 Å². The second-order valence-electron chi connectivity index (χ2n) is 6.44. The summed E-state index contributed by atoms with van der Waals surface area (Å²) < 4.78 is 25.9. The van der Waals surface area contributed by atoms with E-state index in [1.54, 1.807) is 32.9 Å². The van der Waals surface area contributed by atoms with E-state index in [4.69, 9.17) is 21.1 Å². The maximum atomic E-state index is 14.4. The average Bonchev–Trinajstić information content (AvgIpc) is 2.63. The van der Waals surface area contributed by atoms with Crippen LogP contribution in [0.2, 0.25) is 5.02 Å². The van der Waals surface area contributed by atoms with E-state index in [0.717, 1.165) is 0 Å². The van der Waals surface area contributed by atoms with Gasteiger partial charge in [-0.2, -0.15) is 0 Å². The van der Waals surface area contributed by atoms with Gasteiger partial charge in [-0.15, -0.1) is 0 Å². The van der Waals surface area contributed by atoms with Crippen LogP contribution >= 0.6 is 27.5 Å². The number of carbonyl (C=O) groups is 1. The van der Waals surface area contributed by atoms with Gasteiger partial charge in [0.05, 0.1) is 10.6 Å². The van der Waals surface area contributed by atoms with Gasteiger partial charge in [0.1, 0.15) is 17.9 Å². The number of benzene rings is 1. The molecule has 0 spiro atoms. The van der Waals surface area contributed by atoms with Crippen LogP contribution in [-0.2, 0) is 11.3 Å². The largest absolute Gasteiger partial charge is 0.483 e. The first-order valence-corrected chi connectivity index (χ1v) is 8.63. The predicted molar refractivity (Wildman–Crippen MR) is 96.1 cm³/mol. The summed E-state index contributed by atoms with van der Waals surface area (Å²) in [6, 6.07) is 4.41. The fraction of sp³-hybridized carbons (Fsp3) is 0.294. The van der Waals surface area contributed by atoms with E-state index < -0.39 is 17.5 Å². The van der Waals surface area contributed by atoms with Gasteiger partial charge in [0.15, 0.2) is 17.4 Å². The standard InChI is InChI=1S/C17H15BrClFN2O3/c1-17(2,3)25-16(23)22-13-7-9(18)6-12(20)14(13)24-8-10-11(19)4-5-21-15(10)22/h4-7H,8H2,1-3H3. The summed E-state index contributed by atoms with van der Waals surface area (Å²) in [7, 11) is 0. The third kappa shape index (κ3) is 3.57. The molecule has 0 N–H and O–H groups in total. The Morgan fingerprint density at radius 1 is 1.44 bits per heavy atom. The lowest BCUT2D eigenvalue weighted by Crippen LogP contribution is -2.34. The molecule has 3 rings (SSSR count). The molecule has 2 aromatic rings. The van der Waals surface area contributed by atoms with Crippen LogP contribution in [0.5, 0.6) is 5.75 Å². The molecule has 0 saturated carbocycles. The maximum Gasteiger partial charge on any atom is 0.420 e. The van der Waals surface area contributed by atoms with Crippen molar-refractivity contribution in [2.24, 2.45) is 0 Å². The first kappa shape index (κ1) is 17.9. The summed E-state index contributed by atoms with van der Waals surface area (Å²) >= 11 is 9.47. The van der Waals surface area contributed by atoms with Crippen molar-refractivity contribution in [2.45, 2.75) is 33.0 Å². The first-order chi connectivity index (χ1) is 11.7. The zero-order valence-electron chi connectivity index (χ0n) is 13.8. The maximum absolute atomic E-state index is 14.4. The number of anilines is 2. The molecule has 132 valence electrons. The van der Waals surface area contributed by atoms with Crippen molar-refractivity contribution in [1.29, 1.82) is 0 Å². The number of hydrogen-bond donors (Lipinski definition) is 0. The van der Waals surface area contributed by atoms with E-state index in [1.165, 1.54) is 17.2 Å². The summed E-state index contributed by atoms with van der Waals surface area (Å²) in [5.74, 6) is -0.428. The normalized spacial score (nSPS) is 13.4. The highest BCUT2D eigenvalue weighted by molar-refractivity contribution is 9.10. The lowest BCUT2D eigenvalue weighted by molar-refractivity contribution is 0.0598. The van der Waals surface area contributed by atoms with Gasteiger partial charge in [-0.05, 0) is 39.0 Å². The molecule has 0 unspecified atom stereocenters. The van der Waals surface area contributed by atoms with Crippen LogP contribution in [0.4, 0.5) is 20.7 Å². The molecule has 1 aromatic carbocycles. The third-order valence-electron chi connectivity index (χ3n) is 3.35. The van der Waals surface area contributed by atoms with Crippen molar-refractivity contribution >= 4 is 45.1 Å². The van der Waals surface area contributed by atoms with Gasteiger partial charge in [-0.25, -0.2) is 19.1 Å². The van der Waals surface area contributed by atoms with Crippen LogP contribution in [0.15, 0.2) is 28.9 Å². The molecular formula is C17H15BrClFN2O3. The Bertz CT molecular complexity index is 855. The van der Waals surface area contributed by atoms with Crippen LogP contribution in [0.3, 0.4) is 0 Å². The minimum Gasteiger partial charge on any atom is -0.483 e. The molecule has 25 heavy (non-hydrogen) atoms. The highest BCUT2D eigenvalue weighted by Gasteiger charge is 2.34. The molecule has 0 fully saturated rings. The van der Waals surface area contributed by atoms with Gasteiger partial charge in [0.2, 0.25) is 0 Å². The highest BCUT2D eigenvalue weighted by atomic mass is 79.9. The molecule has 1 aromatic heterocycles. The number of ether oxygens (including phenoxy) is 2. The summed E-state index contributed by atoms with van der Waals surface area (Å²) in [5.41, 5.74) is -0.0790. The monoisotopic (exact) mass is 428 g/mol. The van der Waals surface area contributed by atoms with Gasteiger partial charge in [-0.3, -0.25) is 0 Å². The van der Waals surface area contributed by atoms with Crippen LogP contribution in [0.25, 0.3) is 0 Å². The molecule has 1 amide bonds. The summed E-state index contributed by atoms with van der Waals surface area (Å²) in [5, 5.41) is 0.367. The smallest absolute Gasteiger partial charge is 0.420 e. The van der Waals surface area contributed by atoms with Crippen molar-refractivity contribution in [3.8, 4) is 5.75 Å². The van der Waals surface area contributed by atoms with Crippen molar-refractivity contribution in [1.82, 2.24) is 4.98 Å². The molecule has 0 aliphatic carbocycles. The van der Waals surface area contributed by atoms with E-state index in [1.807, 2.05) is 0 Å². The quantitative estimate of drug-likeness (QED) is 0.547. The number of halogens is 3. The van der Waals surface area contributed by atoms with E-state index in [0.29, 0.717) is 15.1 Å². The zero-order chi connectivity index (χ0) is 18.4. The summed E-state index contributed by atoms with van der Waals surface area (Å²) in [6.07, 6.45) is 0.769. The Hall–Kier alpha value is -1.86. The van der Waals surface area contributed by atoms with E-state index >= 15 is 0 Å². The average molecular weight is 430 g/mol. The zero-order valence-corrected chi connectivity index (χ0v) is 16.1. The molecule has 5 nitrogen and oxygen atoms in total. The molecule has 1 aliphatic rings. The SMILES string of the molecule is CC(C)(C)OC(=O)N1c2cc(Br)cc(F)c2OCc2c(Cl)ccnc21. The summed E-state index contributed by atoms with van der Waals surface area (Å²) in [6.45, 7) is 5.21. The van der Waals surface area contributed by atoms with Crippen molar-refractivity contribution in [3.63, 3.8) is 0 Å².